The summed E-state index contributed by atoms with van der Waals surface area (Å²) in [4.78, 5) is 11.7. The van der Waals surface area contributed by atoms with Crippen LogP contribution in [0.2, 0.25) is 5.02 Å². The molecule has 0 fully saturated rings. The molecular weight excluding hydrogens is 250 g/mol. The topological polar surface area (TPSA) is 42.2 Å². The van der Waals surface area contributed by atoms with E-state index >= 15 is 0 Å². The molecule has 1 aromatic heterocycles. The van der Waals surface area contributed by atoms with Crippen molar-refractivity contribution >= 4 is 23.1 Å². The summed E-state index contributed by atoms with van der Waals surface area (Å²) in [6, 6.07) is 9.12. The Balaban J connectivity index is 1.85. The van der Waals surface area contributed by atoms with Gasteiger partial charge in [-0.1, -0.05) is 17.7 Å². The molecule has 2 aromatic rings. The molecule has 0 saturated carbocycles. The van der Waals surface area contributed by atoms with E-state index in [2.05, 4.69) is 5.32 Å². The van der Waals surface area contributed by atoms with Gasteiger partial charge >= 0.3 is 0 Å². The van der Waals surface area contributed by atoms with E-state index in [4.69, 9.17) is 16.0 Å². The van der Waals surface area contributed by atoms with Crippen molar-refractivity contribution in [3.63, 3.8) is 0 Å². The van der Waals surface area contributed by atoms with Crippen molar-refractivity contribution < 1.29 is 9.21 Å². The smallest absolute Gasteiger partial charge is 0.199 e. The number of carbonyl (C=O) groups excluding carboxylic acids is 1. The number of hydrogen-bond acceptors (Lipinski definition) is 3. The highest BCUT2D eigenvalue weighted by Gasteiger charge is 2.07. The van der Waals surface area contributed by atoms with Gasteiger partial charge in [-0.2, -0.15) is 0 Å². The van der Waals surface area contributed by atoms with Gasteiger partial charge in [0.2, 0.25) is 0 Å². The highest BCUT2D eigenvalue weighted by molar-refractivity contribution is 6.31. The van der Waals surface area contributed by atoms with Gasteiger partial charge in [-0.15, -0.1) is 0 Å². The summed E-state index contributed by atoms with van der Waals surface area (Å²) in [6.07, 6.45) is 1.89. The minimum atomic E-state index is -0.00860. The van der Waals surface area contributed by atoms with Gasteiger partial charge in [0.25, 0.3) is 0 Å². The lowest BCUT2D eigenvalue weighted by atomic mass is 10.2. The fourth-order valence-electron chi connectivity index (χ4n) is 1.58. The van der Waals surface area contributed by atoms with Crippen molar-refractivity contribution in [1.29, 1.82) is 0 Å². The van der Waals surface area contributed by atoms with E-state index in [1.165, 1.54) is 6.26 Å². The van der Waals surface area contributed by atoms with Gasteiger partial charge in [-0.3, -0.25) is 4.79 Å². The average Bonchev–Trinajstić information content (AvgIpc) is 2.87. The van der Waals surface area contributed by atoms with E-state index in [9.17, 15) is 4.79 Å². The monoisotopic (exact) mass is 263 g/mol. The van der Waals surface area contributed by atoms with E-state index in [1.807, 2.05) is 25.1 Å². The molecule has 18 heavy (non-hydrogen) atoms. The normalized spacial score (nSPS) is 10.3. The molecule has 1 heterocycles. The summed E-state index contributed by atoms with van der Waals surface area (Å²) in [6.45, 7) is 2.51. The predicted molar refractivity (Wildman–Crippen MR) is 72.3 cm³/mol. The predicted octanol–water partition coefficient (Wildman–Crippen LogP) is 3.93. The first kappa shape index (κ1) is 12.7. The molecular formula is C14H14ClNO2. The standard InChI is InChI=1S/C14H14ClNO2/c1-10-4-5-11(9-12(10)15)16-7-6-13(17)14-3-2-8-18-14/h2-5,8-9,16H,6-7H2,1H3. The highest BCUT2D eigenvalue weighted by Crippen LogP contribution is 2.19. The molecule has 0 saturated heterocycles. The first-order chi connectivity index (χ1) is 8.66. The summed E-state index contributed by atoms with van der Waals surface area (Å²) >= 11 is 6.01. The van der Waals surface area contributed by atoms with Crippen LogP contribution < -0.4 is 5.32 Å². The second-order valence-electron chi connectivity index (χ2n) is 4.04. The van der Waals surface area contributed by atoms with Crippen molar-refractivity contribution in [2.45, 2.75) is 13.3 Å². The molecule has 4 heteroatoms. The lowest BCUT2D eigenvalue weighted by Crippen LogP contribution is -2.08. The number of nitrogens with one attached hydrogen (secondary N) is 1. The molecule has 0 bridgehead atoms. The number of ketones is 1. The van der Waals surface area contributed by atoms with Gasteiger partial charge in [0.1, 0.15) is 0 Å². The lowest BCUT2D eigenvalue weighted by molar-refractivity contribution is 0.0960. The number of rotatable bonds is 5. The number of aryl methyl sites for hydroxylation is 1. The fraction of sp³-hybridized carbons (Fsp3) is 0.214. The summed E-state index contributed by atoms with van der Waals surface area (Å²) in [5.74, 6) is 0.393. The first-order valence-corrected chi connectivity index (χ1v) is 6.11. The van der Waals surface area contributed by atoms with Crippen LogP contribution in [0.25, 0.3) is 0 Å². The van der Waals surface area contributed by atoms with Gasteiger partial charge in [-0.05, 0) is 36.8 Å². The minimum absolute atomic E-state index is 0.00860. The quantitative estimate of drug-likeness (QED) is 0.831. The molecule has 0 unspecified atom stereocenters. The van der Waals surface area contributed by atoms with Gasteiger partial charge < -0.3 is 9.73 Å². The third-order valence-electron chi connectivity index (χ3n) is 2.65. The Kier molecular flexibility index (Phi) is 4.05. The van der Waals surface area contributed by atoms with E-state index < -0.39 is 0 Å². The number of furan rings is 1. The number of hydrogen-bond donors (Lipinski definition) is 1. The van der Waals surface area contributed by atoms with Crippen molar-refractivity contribution in [3.05, 3.63) is 52.9 Å². The maximum absolute atomic E-state index is 11.7. The molecule has 94 valence electrons. The first-order valence-electron chi connectivity index (χ1n) is 5.73. The summed E-state index contributed by atoms with van der Waals surface area (Å²) in [5, 5.41) is 3.88. The van der Waals surface area contributed by atoms with Crippen LogP contribution in [0.4, 0.5) is 5.69 Å². The molecule has 0 aliphatic rings. The van der Waals surface area contributed by atoms with Crippen molar-refractivity contribution in [2.75, 3.05) is 11.9 Å². The highest BCUT2D eigenvalue weighted by atomic mass is 35.5. The van der Waals surface area contributed by atoms with Crippen LogP contribution in [-0.2, 0) is 0 Å². The maximum atomic E-state index is 11.7. The number of benzene rings is 1. The molecule has 1 N–H and O–H groups in total. The fourth-order valence-corrected chi connectivity index (χ4v) is 1.76. The largest absolute Gasteiger partial charge is 0.461 e. The minimum Gasteiger partial charge on any atom is -0.461 e. The SMILES string of the molecule is Cc1ccc(NCCC(=O)c2ccco2)cc1Cl. The number of carbonyl (C=O) groups is 1. The lowest BCUT2D eigenvalue weighted by Gasteiger charge is -2.06. The Morgan fingerprint density at radius 1 is 1.39 bits per heavy atom. The maximum Gasteiger partial charge on any atom is 0.199 e. The Morgan fingerprint density at radius 2 is 2.22 bits per heavy atom. The zero-order valence-electron chi connectivity index (χ0n) is 10.1. The van der Waals surface area contributed by atoms with Crippen molar-refractivity contribution in [3.8, 4) is 0 Å². The second kappa shape index (κ2) is 5.74. The Morgan fingerprint density at radius 3 is 2.89 bits per heavy atom. The summed E-state index contributed by atoms with van der Waals surface area (Å²) in [5.41, 5.74) is 1.95. The van der Waals surface area contributed by atoms with E-state index in [-0.39, 0.29) is 5.78 Å². The Bertz CT molecular complexity index is 535. The van der Waals surface area contributed by atoms with Crippen LogP contribution in [-0.4, -0.2) is 12.3 Å². The number of Topliss-reactive ketones (excluding diaryl/α,β-unsaturated/α-hetero) is 1. The van der Waals surface area contributed by atoms with Crippen molar-refractivity contribution in [1.82, 2.24) is 0 Å². The zero-order chi connectivity index (χ0) is 13.0. The third kappa shape index (κ3) is 3.14. The molecule has 0 amide bonds. The number of halogens is 1. The molecule has 2 rings (SSSR count). The molecule has 0 aliphatic carbocycles. The molecule has 3 nitrogen and oxygen atoms in total. The zero-order valence-corrected chi connectivity index (χ0v) is 10.8. The summed E-state index contributed by atoms with van der Waals surface area (Å²) < 4.78 is 5.03. The van der Waals surface area contributed by atoms with Gasteiger partial charge in [-0.25, -0.2) is 0 Å². The summed E-state index contributed by atoms with van der Waals surface area (Å²) in [7, 11) is 0. The Labute approximate surface area is 111 Å². The van der Waals surface area contributed by atoms with Crippen molar-refractivity contribution in [2.24, 2.45) is 0 Å². The van der Waals surface area contributed by atoms with E-state index in [0.717, 1.165) is 16.3 Å². The molecule has 0 radical (unpaired) electrons. The van der Waals surface area contributed by atoms with E-state index in [1.54, 1.807) is 12.1 Å². The van der Waals surface area contributed by atoms with E-state index in [0.29, 0.717) is 18.7 Å². The molecule has 0 aliphatic heterocycles. The van der Waals surface area contributed by atoms with Crippen LogP contribution in [0.3, 0.4) is 0 Å². The van der Waals surface area contributed by atoms with Crippen LogP contribution in [0.1, 0.15) is 22.5 Å². The van der Waals surface area contributed by atoms with Gasteiger partial charge in [0.15, 0.2) is 11.5 Å². The van der Waals surface area contributed by atoms with Crippen LogP contribution in [0.15, 0.2) is 41.0 Å². The molecule has 0 spiro atoms. The second-order valence-corrected chi connectivity index (χ2v) is 4.45. The van der Waals surface area contributed by atoms with Gasteiger partial charge in [0.05, 0.1) is 6.26 Å². The van der Waals surface area contributed by atoms with Crippen LogP contribution >= 0.6 is 11.6 Å². The molecule has 0 atom stereocenters. The Hall–Kier alpha value is -1.74. The third-order valence-corrected chi connectivity index (χ3v) is 3.06. The van der Waals surface area contributed by atoms with Crippen LogP contribution in [0, 0.1) is 6.92 Å². The number of anilines is 1. The van der Waals surface area contributed by atoms with Gasteiger partial charge in [0, 0.05) is 23.7 Å². The average molecular weight is 264 g/mol. The van der Waals surface area contributed by atoms with Crippen LogP contribution in [0.5, 0.6) is 0 Å². The molecule has 1 aromatic carbocycles.